The van der Waals surface area contributed by atoms with Crippen molar-refractivity contribution in [2.75, 3.05) is 5.32 Å². The zero-order valence-electron chi connectivity index (χ0n) is 13.4. The van der Waals surface area contributed by atoms with Crippen molar-refractivity contribution in [3.63, 3.8) is 0 Å². The maximum atomic E-state index is 12.1. The van der Waals surface area contributed by atoms with Crippen LogP contribution >= 0.6 is 23.2 Å². The topological polar surface area (TPSA) is 116 Å². The second-order valence-corrected chi connectivity index (χ2v) is 7.55. The lowest BCUT2D eigenvalue weighted by atomic mass is 10.2. The van der Waals surface area contributed by atoms with Crippen LogP contribution in [0, 0.1) is 0 Å². The molecular weight excluding hydrogens is 403 g/mol. The van der Waals surface area contributed by atoms with Crippen molar-refractivity contribution >= 4 is 50.8 Å². The molecule has 0 aliphatic carbocycles. The summed E-state index contributed by atoms with van der Waals surface area (Å²) in [5.41, 5.74) is 0.349. The Labute approximate surface area is 160 Å². The number of ether oxygens (including phenoxy) is 1. The van der Waals surface area contributed by atoms with Gasteiger partial charge in [0, 0.05) is 0 Å². The van der Waals surface area contributed by atoms with Gasteiger partial charge in [-0.05, 0) is 43.3 Å². The number of anilines is 1. The smallest absolute Gasteiger partial charge is 0.338 e. The summed E-state index contributed by atoms with van der Waals surface area (Å²) in [5.74, 6) is -1.41. The molecule has 138 valence electrons. The van der Waals surface area contributed by atoms with Gasteiger partial charge in [0.2, 0.25) is 10.0 Å². The number of primary sulfonamides is 1. The highest BCUT2D eigenvalue weighted by atomic mass is 35.5. The van der Waals surface area contributed by atoms with Crippen molar-refractivity contribution < 1.29 is 22.7 Å². The van der Waals surface area contributed by atoms with Crippen molar-refractivity contribution in [2.45, 2.75) is 17.9 Å². The lowest BCUT2D eigenvalue weighted by Gasteiger charge is -2.14. The number of nitrogens with two attached hydrogens (primary N) is 1. The number of hydrogen-bond donors (Lipinski definition) is 2. The third-order valence-corrected chi connectivity index (χ3v) is 5.03. The second-order valence-electron chi connectivity index (χ2n) is 5.21. The molecular formula is C16H14Cl2N2O5S. The summed E-state index contributed by atoms with van der Waals surface area (Å²) in [6.45, 7) is 1.38. The molecule has 3 N–H and O–H groups in total. The molecule has 0 radical (unpaired) electrons. The van der Waals surface area contributed by atoms with Gasteiger partial charge in [0.15, 0.2) is 6.10 Å². The summed E-state index contributed by atoms with van der Waals surface area (Å²) in [5, 5.41) is 7.92. The van der Waals surface area contributed by atoms with Crippen LogP contribution in [0.25, 0.3) is 0 Å². The maximum absolute atomic E-state index is 12.1. The average molecular weight is 417 g/mol. The van der Waals surface area contributed by atoms with Crippen LogP contribution in [0.4, 0.5) is 5.69 Å². The number of hydrogen-bond acceptors (Lipinski definition) is 5. The van der Waals surface area contributed by atoms with Crippen LogP contribution < -0.4 is 10.5 Å². The van der Waals surface area contributed by atoms with Crippen LogP contribution in [0.15, 0.2) is 47.4 Å². The summed E-state index contributed by atoms with van der Waals surface area (Å²) >= 11 is 11.8. The van der Waals surface area contributed by atoms with Gasteiger partial charge < -0.3 is 10.1 Å². The Morgan fingerprint density at radius 1 is 1.12 bits per heavy atom. The number of nitrogens with one attached hydrogen (secondary N) is 1. The normalized spacial score (nSPS) is 12.3. The first-order chi connectivity index (χ1) is 12.1. The molecule has 1 amide bonds. The summed E-state index contributed by atoms with van der Waals surface area (Å²) in [7, 11) is -3.86. The molecule has 7 nitrogen and oxygen atoms in total. The summed E-state index contributed by atoms with van der Waals surface area (Å²) in [6, 6.07) is 9.53. The molecule has 10 heteroatoms. The highest BCUT2D eigenvalue weighted by Gasteiger charge is 2.20. The minimum absolute atomic E-state index is 0.0674. The van der Waals surface area contributed by atoms with Gasteiger partial charge >= 0.3 is 5.97 Å². The lowest BCUT2D eigenvalue weighted by molar-refractivity contribution is -0.123. The maximum Gasteiger partial charge on any atom is 0.338 e. The molecule has 0 heterocycles. The third kappa shape index (κ3) is 4.95. The van der Waals surface area contributed by atoms with E-state index in [1.54, 1.807) is 18.2 Å². The number of carbonyl (C=O) groups excluding carboxylic acids is 2. The van der Waals surface area contributed by atoms with Crippen molar-refractivity contribution in [3.05, 3.63) is 58.1 Å². The lowest BCUT2D eigenvalue weighted by Crippen LogP contribution is -2.30. The van der Waals surface area contributed by atoms with Crippen molar-refractivity contribution in [1.82, 2.24) is 0 Å². The van der Waals surface area contributed by atoms with Gasteiger partial charge in [-0.1, -0.05) is 29.3 Å². The van der Waals surface area contributed by atoms with E-state index >= 15 is 0 Å². The van der Waals surface area contributed by atoms with Gasteiger partial charge in [0.05, 0.1) is 26.2 Å². The van der Waals surface area contributed by atoms with Crippen LogP contribution in [0.5, 0.6) is 0 Å². The molecule has 2 rings (SSSR count). The Balaban J connectivity index is 2.04. The van der Waals surface area contributed by atoms with Gasteiger partial charge in [-0.2, -0.15) is 0 Å². The van der Waals surface area contributed by atoms with Crippen LogP contribution in [0.1, 0.15) is 17.3 Å². The van der Waals surface area contributed by atoms with Gasteiger partial charge in [0.25, 0.3) is 5.91 Å². The number of rotatable bonds is 5. The molecule has 2 aromatic carbocycles. The zero-order chi connectivity index (χ0) is 19.5. The van der Waals surface area contributed by atoms with Crippen molar-refractivity contribution in [3.8, 4) is 0 Å². The minimum atomic E-state index is -3.86. The van der Waals surface area contributed by atoms with E-state index < -0.39 is 28.0 Å². The molecule has 0 aliphatic heterocycles. The number of esters is 1. The molecule has 0 aromatic heterocycles. The Morgan fingerprint density at radius 3 is 2.31 bits per heavy atom. The Bertz CT molecular complexity index is 946. The van der Waals surface area contributed by atoms with E-state index in [0.29, 0.717) is 0 Å². The van der Waals surface area contributed by atoms with Crippen molar-refractivity contribution in [2.24, 2.45) is 5.14 Å². The zero-order valence-corrected chi connectivity index (χ0v) is 15.7. The molecule has 0 aliphatic rings. The first-order valence-corrected chi connectivity index (χ1v) is 9.48. The molecule has 0 bridgehead atoms. The molecule has 0 saturated carbocycles. The first kappa shape index (κ1) is 20.2. The van der Waals surface area contributed by atoms with Gasteiger partial charge in [-0.25, -0.2) is 18.4 Å². The van der Waals surface area contributed by atoms with E-state index in [9.17, 15) is 18.0 Å². The van der Waals surface area contributed by atoms with E-state index in [1.807, 2.05) is 0 Å². The van der Waals surface area contributed by atoms with E-state index in [0.717, 1.165) is 0 Å². The van der Waals surface area contributed by atoms with E-state index in [4.69, 9.17) is 33.1 Å². The van der Waals surface area contributed by atoms with Crippen molar-refractivity contribution in [1.29, 1.82) is 0 Å². The SMILES string of the molecule is C[C@H](OC(=O)c1ccc(S(N)(=O)=O)cc1)C(=O)Nc1cccc(Cl)c1Cl. The van der Waals surface area contributed by atoms with Crippen LogP contribution in [0.3, 0.4) is 0 Å². The van der Waals surface area contributed by atoms with Crippen LogP contribution in [0.2, 0.25) is 10.0 Å². The number of carbonyl (C=O) groups is 2. The minimum Gasteiger partial charge on any atom is -0.449 e. The highest BCUT2D eigenvalue weighted by molar-refractivity contribution is 7.89. The number of halogens is 2. The summed E-state index contributed by atoms with van der Waals surface area (Å²) < 4.78 is 27.4. The van der Waals surface area contributed by atoms with Gasteiger partial charge in [-0.15, -0.1) is 0 Å². The number of amides is 1. The van der Waals surface area contributed by atoms with E-state index in [1.165, 1.54) is 31.2 Å². The largest absolute Gasteiger partial charge is 0.449 e. The van der Waals surface area contributed by atoms with E-state index in [-0.39, 0.29) is 26.2 Å². The number of benzene rings is 2. The molecule has 0 spiro atoms. The standard InChI is InChI=1S/C16H14Cl2N2O5S/c1-9(15(21)20-13-4-2-3-12(17)14(13)18)25-16(22)10-5-7-11(8-6-10)26(19,23)24/h2-9H,1H3,(H,20,21)(H2,19,23,24)/t9-/m0/s1. The molecule has 1 atom stereocenters. The second kappa shape index (κ2) is 8.05. The third-order valence-electron chi connectivity index (χ3n) is 3.28. The Morgan fingerprint density at radius 2 is 1.73 bits per heavy atom. The van der Waals surface area contributed by atoms with Crippen LogP contribution in [-0.2, 0) is 19.6 Å². The fraction of sp³-hybridized carbons (Fsp3) is 0.125. The predicted octanol–water partition coefficient (Wildman–Crippen LogP) is 2.82. The Hall–Kier alpha value is -2.13. The monoisotopic (exact) mass is 416 g/mol. The highest BCUT2D eigenvalue weighted by Crippen LogP contribution is 2.29. The van der Waals surface area contributed by atoms with E-state index in [2.05, 4.69) is 5.32 Å². The fourth-order valence-corrected chi connectivity index (χ4v) is 2.76. The molecule has 2 aromatic rings. The predicted molar refractivity (Wildman–Crippen MR) is 97.8 cm³/mol. The first-order valence-electron chi connectivity index (χ1n) is 7.18. The molecule has 0 fully saturated rings. The number of sulfonamides is 1. The summed E-state index contributed by atoms with van der Waals surface area (Å²) in [6.07, 6.45) is -1.13. The quantitative estimate of drug-likeness (QED) is 0.726. The molecule has 0 saturated heterocycles. The summed E-state index contributed by atoms with van der Waals surface area (Å²) in [4.78, 5) is 24.1. The fourth-order valence-electron chi connectivity index (χ4n) is 1.90. The van der Waals surface area contributed by atoms with Crippen LogP contribution in [-0.4, -0.2) is 26.4 Å². The van der Waals surface area contributed by atoms with Gasteiger partial charge in [0.1, 0.15) is 0 Å². The molecule has 26 heavy (non-hydrogen) atoms. The Kier molecular flexibility index (Phi) is 6.25. The average Bonchev–Trinajstić information content (AvgIpc) is 2.58. The molecule has 0 unspecified atom stereocenters. The van der Waals surface area contributed by atoms with Gasteiger partial charge in [-0.3, -0.25) is 4.79 Å².